The quantitative estimate of drug-likeness (QED) is 0.810. The molecule has 2 heterocycles. The van der Waals surface area contributed by atoms with Crippen molar-refractivity contribution >= 4 is 17.5 Å². The van der Waals surface area contributed by atoms with Gasteiger partial charge in [0, 0.05) is 6.42 Å². The summed E-state index contributed by atoms with van der Waals surface area (Å²) in [5.41, 5.74) is 0. The topological polar surface area (TPSA) is 56.0 Å². The minimum absolute atomic E-state index is 0.121. The van der Waals surface area contributed by atoms with Crippen molar-refractivity contribution in [2.45, 2.75) is 49.7 Å². The average Bonchev–Trinajstić information content (AvgIpc) is 2.98. The summed E-state index contributed by atoms with van der Waals surface area (Å²) >= 11 is 1.90. The zero-order valence-corrected chi connectivity index (χ0v) is 10.5. The molecule has 0 aromatic carbocycles. The highest BCUT2D eigenvalue weighted by Crippen LogP contribution is 2.38. The predicted octanol–water partition coefficient (Wildman–Crippen LogP) is 2.86. The third-order valence-electron chi connectivity index (χ3n) is 3.53. The molecule has 17 heavy (non-hydrogen) atoms. The summed E-state index contributed by atoms with van der Waals surface area (Å²) in [4.78, 5) is 16.1. The summed E-state index contributed by atoms with van der Waals surface area (Å²) in [5, 5.41) is 4.43. The second-order valence-corrected chi connectivity index (χ2v) is 6.07. The molecule has 3 rings (SSSR count). The van der Waals surface area contributed by atoms with Crippen molar-refractivity contribution in [2.24, 2.45) is 0 Å². The molecule has 92 valence electrons. The molecule has 2 unspecified atom stereocenters. The average molecular weight is 252 g/mol. The SMILES string of the molecule is O=C1CCCC1c1nc(C2CCCCS2)no1. The van der Waals surface area contributed by atoms with Crippen molar-refractivity contribution in [2.75, 3.05) is 5.75 Å². The highest BCUT2D eigenvalue weighted by atomic mass is 32.2. The van der Waals surface area contributed by atoms with Crippen molar-refractivity contribution < 1.29 is 9.32 Å². The van der Waals surface area contributed by atoms with Gasteiger partial charge in [-0.05, 0) is 31.4 Å². The van der Waals surface area contributed by atoms with E-state index in [0.29, 0.717) is 17.6 Å². The predicted molar refractivity (Wildman–Crippen MR) is 64.9 cm³/mol. The van der Waals surface area contributed by atoms with E-state index in [1.807, 2.05) is 11.8 Å². The van der Waals surface area contributed by atoms with Crippen LogP contribution in [0.1, 0.15) is 61.4 Å². The fraction of sp³-hybridized carbons (Fsp3) is 0.750. The monoisotopic (exact) mass is 252 g/mol. The molecule has 1 aliphatic heterocycles. The van der Waals surface area contributed by atoms with Gasteiger partial charge < -0.3 is 4.52 Å². The van der Waals surface area contributed by atoms with Crippen LogP contribution in [0.25, 0.3) is 0 Å². The maximum absolute atomic E-state index is 11.6. The van der Waals surface area contributed by atoms with E-state index in [-0.39, 0.29) is 11.7 Å². The molecule has 2 atom stereocenters. The molecule has 1 aromatic heterocycles. The number of thioether (sulfide) groups is 1. The van der Waals surface area contributed by atoms with Crippen molar-refractivity contribution in [3.05, 3.63) is 11.7 Å². The van der Waals surface area contributed by atoms with Gasteiger partial charge in [-0.3, -0.25) is 4.79 Å². The molecule has 1 saturated carbocycles. The first-order chi connectivity index (χ1) is 8.34. The van der Waals surface area contributed by atoms with Gasteiger partial charge in [0.2, 0.25) is 5.89 Å². The number of nitrogens with zero attached hydrogens (tertiary/aromatic N) is 2. The molecule has 0 amide bonds. The summed E-state index contributed by atoms with van der Waals surface area (Å²) < 4.78 is 5.28. The van der Waals surface area contributed by atoms with Crippen LogP contribution in [0, 0.1) is 0 Å². The minimum atomic E-state index is -0.121. The van der Waals surface area contributed by atoms with E-state index in [0.717, 1.165) is 25.1 Å². The van der Waals surface area contributed by atoms with Crippen LogP contribution in [-0.4, -0.2) is 21.7 Å². The Kier molecular flexibility index (Phi) is 3.18. The molecule has 1 aliphatic carbocycles. The van der Waals surface area contributed by atoms with Crippen molar-refractivity contribution in [3.63, 3.8) is 0 Å². The Hall–Kier alpha value is -0.840. The van der Waals surface area contributed by atoms with Gasteiger partial charge in [-0.1, -0.05) is 11.6 Å². The first kappa shape index (κ1) is 11.3. The highest BCUT2D eigenvalue weighted by Gasteiger charge is 2.32. The van der Waals surface area contributed by atoms with Gasteiger partial charge >= 0.3 is 0 Å². The normalized spacial score (nSPS) is 29.8. The van der Waals surface area contributed by atoms with Gasteiger partial charge in [0.05, 0.1) is 11.2 Å². The van der Waals surface area contributed by atoms with Gasteiger partial charge in [0.1, 0.15) is 5.78 Å². The van der Waals surface area contributed by atoms with Crippen LogP contribution in [0.15, 0.2) is 4.52 Å². The van der Waals surface area contributed by atoms with Crippen LogP contribution in [0.4, 0.5) is 0 Å². The second kappa shape index (κ2) is 4.80. The number of carbonyl (C=O) groups excluding carboxylic acids is 1. The fourth-order valence-corrected chi connectivity index (χ4v) is 3.77. The fourth-order valence-electron chi connectivity index (χ4n) is 2.54. The summed E-state index contributed by atoms with van der Waals surface area (Å²) in [6, 6.07) is 0. The summed E-state index contributed by atoms with van der Waals surface area (Å²) in [6.07, 6.45) is 6.15. The molecule has 0 radical (unpaired) electrons. The van der Waals surface area contributed by atoms with Gasteiger partial charge in [-0.25, -0.2) is 0 Å². The van der Waals surface area contributed by atoms with Crippen molar-refractivity contribution in [3.8, 4) is 0 Å². The molecule has 0 spiro atoms. The number of aromatic nitrogens is 2. The van der Waals surface area contributed by atoms with E-state index in [1.165, 1.54) is 18.6 Å². The summed E-state index contributed by atoms with van der Waals surface area (Å²) in [5.74, 6) is 2.66. The van der Waals surface area contributed by atoms with E-state index in [9.17, 15) is 4.79 Å². The number of ketones is 1. The van der Waals surface area contributed by atoms with E-state index in [4.69, 9.17) is 4.52 Å². The maximum Gasteiger partial charge on any atom is 0.237 e. The number of carbonyl (C=O) groups is 1. The van der Waals surface area contributed by atoms with Crippen LogP contribution in [-0.2, 0) is 4.79 Å². The van der Waals surface area contributed by atoms with Crippen molar-refractivity contribution in [1.82, 2.24) is 10.1 Å². The lowest BCUT2D eigenvalue weighted by Crippen LogP contribution is -2.06. The van der Waals surface area contributed by atoms with Crippen LogP contribution >= 0.6 is 11.8 Å². The number of Topliss-reactive ketones (excluding diaryl/α,β-unsaturated/α-hetero) is 1. The van der Waals surface area contributed by atoms with Crippen molar-refractivity contribution in [1.29, 1.82) is 0 Å². The van der Waals surface area contributed by atoms with Crippen LogP contribution in [0.2, 0.25) is 0 Å². The van der Waals surface area contributed by atoms with Crippen LogP contribution in [0.3, 0.4) is 0 Å². The van der Waals surface area contributed by atoms with Crippen LogP contribution in [0.5, 0.6) is 0 Å². The maximum atomic E-state index is 11.6. The third kappa shape index (κ3) is 2.25. The third-order valence-corrected chi connectivity index (χ3v) is 4.90. The molecule has 1 saturated heterocycles. The summed E-state index contributed by atoms with van der Waals surface area (Å²) in [6.45, 7) is 0. The minimum Gasteiger partial charge on any atom is -0.339 e. The van der Waals surface area contributed by atoms with E-state index < -0.39 is 0 Å². The molecule has 2 aliphatic rings. The smallest absolute Gasteiger partial charge is 0.237 e. The Morgan fingerprint density at radius 1 is 1.24 bits per heavy atom. The lowest BCUT2D eigenvalue weighted by atomic mass is 10.1. The van der Waals surface area contributed by atoms with Gasteiger partial charge in [-0.15, -0.1) is 0 Å². The van der Waals surface area contributed by atoms with Gasteiger partial charge in [0.15, 0.2) is 5.82 Å². The largest absolute Gasteiger partial charge is 0.339 e. The molecular weight excluding hydrogens is 236 g/mol. The lowest BCUT2D eigenvalue weighted by molar-refractivity contribution is -0.119. The Balaban J connectivity index is 1.75. The molecular formula is C12H16N2O2S. The standard InChI is InChI=1S/C12H16N2O2S/c15-9-5-3-4-8(9)12-13-11(14-16-12)10-6-1-2-7-17-10/h8,10H,1-7H2. The van der Waals surface area contributed by atoms with Crippen LogP contribution < -0.4 is 0 Å². The Bertz CT molecular complexity index is 412. The highest BCUT2D eigenvalue weighted by molar-refractivity contribution is 7.99. The Labute approximate surface area is 105 Å². The van der Waals surface area contributed by atoms with E-state index in [2.05, 4.69) is 10.1 Å². The number of rotatable bonds is 2. The molecule has 0 bridgehead atoms. The Morgan fingerprint density at radius 2 is 2.18 bits per heavy atom. The number of hydrogen-bond donors (Lipinski definition) is 0. The number of hydrogen-bond acceptors (Lipinski definition) is 5. The van der Waals surface area contributed by atoms with E-state index in [1.54, 1.807) is 0 Å². The molecule has 5 heteroatoms. The second-order valence-electron chi connectivity index (χ2n) is 4.76. The first-order valence-electron chi connectivity index (χ1n) is 6.32. The molecule has 0 N–H and O–H groups in total. The zero-order chi connectivity index (χ0) is 11.7. The lowest BCUT2D eigenvalue weighted by Gasteiger charge is -2.17. The Morgan fingerprint density at radius 3 is 2.88 bits per heavy atom. The zero-order valence-electron chi connectivity index (χ0n) is 9.72. The molecule has 1 aromatic rings. The molecule has 2 fully saturated rings. The first-order valence-corrected chi connectivity index (χ1v) is 7.37. The van der Waals surface area contributed by atoms with Gasteiger partial charge in [-0.2, -0.15) is 16.7 Å². The van der Waals surface area contributed by atoms with E-state index >= 15 is 0 Å². The summed E-state index contributed by atoms with van der Waals surface area (Å²) in [7, 11) is 0. The van der Waals surface area contributed by atoms with Gasteiger partial charge in [0.25, 0.3) is 0 Å². The molecule has 4 nitrogen and oxygen atoms in total.